The van der Waals surface area contributed by atoms with E-state index in [0.717, 1.165) is 39.0 Å². The number of carbonyl (C=O) groups is 1. The van der Waals surface area contributed by atoms with E-state index in [2.05, 4.69) is 5.43 Å². The van der Waals surface area contributed by atoms with Crippen LogP contribution in [0.4, 0.5) is 4.79 Å². The van der Waals surface area contributed by atoms with Crippen molar-refractivity contribution in [2.75, 3.05) is 39.4 Å². The summed E-state index contributed by atoms with van der Waals surface area (Å²) >= 11 is 0. The fourth-order valence-corrected chi connectivity index (χ4v) is 1.80. The molecule has 14 heavy (non-hydrogen) atoms. The number of likely N-dealkylation sites (tertiary alicyclic amines) is 1. The van der Waals surface area contributed by atoms with Gasteiger partial charge in [0.1, 0.15) is 0 Å². The number of carbonyl (C=O) groups excluding carboxylic acids is 1. The number of urea groups is 1. The molecule has 2 saturated heterocycles. The Morgan fingerprint density at radius 1 is 1.07 bits per heavy atom. The number of nitrogens with one attached hydrogen (secondary N) is 1. The van der Waals surface area contributed by atoms with Crippen LogP contribution in [0.25, 0.3) is 0 Å². The number of hydrogen-bond acceptors (Lipinski definition) is 3. The molecule has 1 N–H and O–H groups in total. The van der Waals surface area contributed by atoms with E-state index in [0.29, 0.717) is 13.2 Å². The minimum absolute atomic E-state index is 0.0457. The lowest BCUT2D eigenvalue weighted by Crippen LogP contribution is -2.52. The fourth-order valence-electron chi connectivity index (χ4n) is 1.80. The van der Waals surface area contributed by atoms with Gasteiger partial charge in [-0.15, -0.1) is 0 Å². The van der Waals surface area contributed by atoms with E-state index in [9.17, 15) is 4.79 Å². The van der Waals surface area contributed by atoms with Gasteiger partial charge in [0.05, 0.1) is 13.2 Å². The minimum atomic E-state index is 0.0457. The molecule has 0 aromatic carbocycles. The fraction of sp³-hybridized carbons (Fsp3) is 0.889. The molecule has 5 nitrogen and oxygen atoms in total. The largest absolute Gasteiger partial charge is 0.379 e. The molecule has 0 aromatic heterocycles. The first-order valence-corrected chi connectivity index (χ1v) is 5.24. The molecule has 0 spiro atoms. The lowest BCUT2D eigenvalue weighted by Gasteiger charge is -2.29. The normalized spacial score (nSPS) is 23.9. The first-order chi connectivity index (χ1) is 6.86. The number of morpholine rings is 1. The van der Waals surface area contributed by atoms with E-state index in [1.807, 2.05) is 9.91 Å². The van der Waals surface area contributed by atoms with Gasteiger partial charge in [-0.2, -0.15) is 0 Å². The van der Waals surface area contributed by atoms with Gasteiger partial charge in [-0.3, -0.25) is 5.43 Å². The lowest BCUT2D eigenvalue weighted by atomic mass is 10.4. The summed E-state index contributed by atoms with van der Waals surface area (Å²) in [5, 5.41) is 1.93. The number of rotatable bonds is 1. The van der Waals surface area contributed by atoms with Gasteiger partial charge in [0, 0.05) is 26.2 Å². The van der Waals surface area contributed by atoms with E-state index in [1.54, 1.807) is 0 Å². The molecule has 0 atom stereocenters. The van der Waals surface area contributed by atoms with Crippen LogP contribution in [0.5, 0.6) is 0 Å². The summed E-state index contributed by atoms with van der Waals surface area (Å²) in [4.78, 5) is 13.5. The Balaban J connectivity index is 1.75. The monoisotopic (exact) mass is 199 g/mol. The van der Waals surface area contributed by atoms with Gasteiger partial charge in [0.25, 0.3) is 0 Å². The third-order valence-corrected chi connectivity index (χ3v) is 2.66. The van der Waals surface area contributed by atoms with Crippen molar-refractivity contribution in [3.63, 3.8) is 0 Å². The second-order valence-corrected chi connectivity index (χ2v) is 3.71. The number of hydrogen-bond donors (Lipinski definition) is 1. The van der Waals surface area contributed by atoms with Crippen LogP contribution in [0.3, 0.4) is 0 Å². The van der Waals surface area contributed by atoms with E-state index in [-0.39, 0.29) is 6.03 Å². The standard InChI is InChI=1S/C9H17N3O2/c13-9(11-3-1-2-4-11)10-12-5-7-14-8-6-12/h1-8H2,(H,10,13). The molecule has 0 aromatic rings. The topological polar surface area (TPSA) is 44.8 Å². The van der Waals surface area contributed by atoms with Crippen LogP contribution in [-0.2, 0) is 4.74 Å². The Kier molecular flexibility index (Phi) is 3.21. The molecule has 0 bridgehead atoms. The highest BCUT2D eigenvalue weighted by atomic mass is 16.5. The molecule has 80 valence electrons. The van der Waals surface area contributed by atoms with Gasteiger partial charge >= 0.3 is 6.03 Å². The molecule has 2 heterocycles. The van der Waals surface area contributed by atoms with Crippen LogP contribution < -0.4 is 5.43 Å². The Hall–Kier alpha value is -0.810. The first kappa shape index (κ1) is 9.73. The summed E-state index contributed by atoms with van der Waals surface area (Å²) in [6.45, 7) is 4.80. The molecule has 2 amide bonds. The first-order valence-electron chi connectivity index (χ1n) is 5.24. The Bertz CT molecular complexity index is 198. The maximum absolute atomic E-state index is 11.6. The molecule has 2 aliphatic rings. The van der Waals surface area contributed by atoms with E-state index in [4.69, 9.17) is 4.74 Å². The number of nitrogens with zero attached hydrogens (tertiary/aromatic N) is 2. The second kappa shape index (κ2) is 4.61. The van der Waals surface area contributed by atoms with Crippen molar-refractivity contribution < 1.29 is 9.53 Å². The van der Waals surface area contributed by atoms with Crippen molar-refractivity contribution in [3.8, 4) is 0 Å². The predicted octanol–water partition coefficient (Wildman–Crippen LogP) is 0.0390. The highest BCUT2D eigenvalue weighted by Crippen LogP contribution is 2.07. The van der Waals surface area contributed by atoms with Crippen LogP contribution in [0.15, 0.2) is 0 Å². The molecule has 0 unspecified atom stereocenters. The van der Waals surface area contributed by atoms with Gasteiger partial charge in [0.15, 0.2) is 0 Å². The highest BCUT2D eigenvalue weighted by Gasteiger charge is 2.20. The van der Waals surface area contributed by atoms with Crippen LogP contribution in [-0.4, -0.2) is 55.3 Å². The maximum Gasteiger partial charge on any atom is 0.331 e. The molecule has 0 radical (unpaired) electrons. The molecule has 2 fully saturated rings. The number of amides is 2. The Morgan fingerprint density at radius 3 is 2.36 bits per heavy atom. The van der Waals surface area contributed by atoms with Crippen molar-refractivity contribution in [1.29, 1.82) is 0 Å². The Labute approximate surface area is 84.0 Å². The highest BCUT2D eigenvalue weighted by molar-refractivity contribution is 5.73. The van der Waals surface area contributed by atoms with Gasteiger partial charge in [-0.05, 0) is 12.8 Å². The summed E-state index contributed by atoms with van der Waals surface area (Å²) in [5.41, 5.74) is 2.90. The summed E-state index contributed by atoms with van der Waals surface area (Å²) in [6, 6.07) is 0.0457. The quantitative estimate of drug-likeness (QED) is 0.648. The molecular weight excluding hydrogens is 182 g/mol. The van der Waals surface area contributed by atoms with E-state index < -0.39 is 0 Å². The molecule has 0 saturated carbocycles. The van der Waals surface area contributed by atoms with Crippen LogP contribution in [0.2, 0.25) is 0 Å². The molecule has 2 rings (SSSR count). The van der Waals surface area contributed by atoms with Crippen LogP contribution in [0.1, 0.15) is 12.8 Å². The third-order valence-electron chi connectivity index (χ3n) is 2.66. The molecule has 0 aliphatic carbocycles. The maximum atomic E-state index is 11.6. The minimum Gasteiger partial charge on any atom is -0.379 e. The van der Waals surface area contributed by atoms with Gasteiger partial charge < -0.3 is 9.64 Å². The zero-order chi connectivity index (χ0) is 9.80. The van der Waals surface area contributed by atoms with Crippen LogP contribution in [0, 0.1) is 0 Å². The summed E-state index contributed by atoms with van der Waals surface area (Å²) in [5.74, 6) is 0. The second-order valence-electron chi connectivity index (χ2n) is 3.71. The van der Waals surface area contributed by atoms with Gasteiger partial charge in [-0.1, -0.05) is 0 Å². The van der Waals surface area contributed by atoms with E-state index in [1.165, 1.54) is 0 Å². The summed E-state index contributed by atoms with van der Waals surface area (Å²) in [7, 11) is 0. The SMILES string of the molecule is O=C(NN1CCOCC1)N1CCCC1. The number of hydrazine groups is 1. The molecule has 5 heteroatoms. The van der Waals surface area contributed by atoms with Crippen molar-refractivity contribution in [1.82, 2.24) is 15.3 Å². The van der Waals surface area contributed by atoms with Crippen molar-refractivity contribution in [2.24, 2.45) is 0 Å². The van der Waals surface area contributed by atoms with Gasteiger partial charge in [-0.25, -0.2) is 9.80 Å². The van der Waals surface area contributed by atoms with Crippen molar-refractivity contribution in [3.05, 3.63) is 0 Å². The average Bonchev–Trinajstić information content (AvgIpc) is 2.72. The smallest absolute Gasteiger partial charge is 0.331 e. The average molecular weight is 199 g/mol. The van der Waals surface area contributed by atoms with E-state index >= 15 is 0 Å². The number of ether oxygens (including phenoxy) is 1. The Morgan fingerprint density at radius 2 is 1.71 bits per heavy atom. The third kappa shape index (κ3) is 2.36. The predicted molar refractivity (Wildman–Crippen MR) is 51.7 cm³/mol. The van der Waals surface area contributed by atoms with Gasteiger partial charge in [0.2, 0.25) is 0 Å². The summed E-state index contributed by atoms with van der Waals surface area (Å²) < 4.78 is 5.20. The summed E-state index contributed by atoms with van der Waals surface area (Å²) in [6.07, 6.45) is 2.27. The zero-order valence-corrected chi connectivity index (χ0v) is 8.37. The molecule has 2 aliphatic heterocycles. The lowest BCUT2D eigenvalue weighted by molar-refractivity contribution is 0.0166. The van der Waals surface area contributed by atoms with Crippen molar-refractivity contribution in [2.45, 2.75) is 12.8 Å². The van der Waals surface area contributed by atoms with Crippen molar-refractivity contribution >= 4 is 6.03 Å². The molecular formula is C9H17N3O2. The van der Waals surface area contributed by atoms with Crippen LogP contribution >= 0.6 is 0 Å². The zero-order valence-electron chi connectivity index (χ0n) is 8.37.